The standard InChI is InChI=1S/C23H22N4O5/c1-23(2,29)7-8-26-13-17-11-21(19(12-20(17)25-26)16-6-9-32-14-16)24-22(28)15-4-3-5-18(10-15)27(30)31/h3-6,9-14,29H,7-8H2,1-2H3,(H,24,28). The molecule has 9 nitrogen and oxygen atoms in total. The van der Waals surface area contributed by atoms with Crippen molar-refractivity contribution in [3.63, 3.8) is 0 Å². The number of rotatable bonds is 7. The number of hydrogen-bond acceptors (Lipinski definition) is 6. The number of nitrogens with one attached hydrogen (secondary N) is 1. The summed E-state index contributed by atoms with van der Waals surface area (Å²) in [5, 5.41) is 29.3. The SMILES string of the molecule is CC(C)(O)CCn1cc2cc(NC(=O)c3cccc([N+](=O)[O-])c3)c(-c3ccoc3)cc2n1. The Balaban J connectivity index is 1.70. The number of nitro benzene ring substituents is 1. The van der Waals surface area contributed by atoms with Gasteiger partial charge in [-0.05, 0) is 44.5 Å². The molecule has 0 fully saturated rings. The number of non-ortho nitro benzene ring substituents is 1. The van der Waals surface area contributed by atoms with Crippen LogP contribution in [0.5, 0.6) is 0 Å². The van der Waals surface area contributed by atoms with E-state index in [1.54, 1.807) is 36.9 Å². The van der Waals surface area contributed by atoms with Gasteiger partial charge in [-0.3, -0.25) is 19.6 Å². The summed E-state index contributed by atoms with van der Waals surface area (Å²) in [5.74, 6) is -0.466. The largest absolute Gasteiger partial charge is 0.472 e. The van der Waals surface area contributed by atoms with Crippen molar-refractivity contribution in [1.29, 1.82) is 0 Å². The molecule has 4 rings (SSSR count). The number of nitro groups is 1. The van der Waals surface area contributed by atoms with Crippen LogP contribution in [0.4, 0.5) is 11.4 Å². The van der Waals surface area contributed by atoms with Gasteiger partial charge in [0.25, 0.3) is 11.6 Å². The van der Waals surface area contributed by atoms with E-state index in [1.165, 1.54) is 30.5 Å². The molecule has 32 heavy (non-hydrogen) atoms. The molecule has 0 spiro atoms. The molecule has 0 aliphatic carbocycles. The highest BCUT2D eigenvalue weighted by atomic mass is 16.6. The van der Waals surface area contributed by atoms with Crippen LogP contribution in [-0.4, -0.2) is 31.3 Å². The number of nitrogens with zero attached hydrogens (tertiary/aromatic N) is 3. The zero-order chi connectivity index (χ0) is 22.9. The lowest BCUT2D eigenvalue weighted by Crippen LogP contribution is -2.21. The minimum Gasteiger partial charge on any atom is -0.472 e. The Morgan fingerprint density at radius 2 is 2.09 bits per heavy atom. The van der Waals surface area contributed by atoms with E-state index < -0.39 is 16.4 Å². The molecule has 0 aliphatic rings. The van der Waals surface area contributed by atoms with Crippen LogP contribution in [0.1, 0.15) is 30.6 Å². The second-order valence-electron chi connectivity index (χ2n) is 8.18. The molecule has 0 saturated heterocycles. The second-order valence-corrected chi connectivity index (χ2v) is 8.18. The molecule has 1 amide bonds. The van der Waals surface area contributed by atoms with E-state index in [2.05, 4.69) is 10.4 Å². The van der Waals surface area contributed by atoms with Crippen molar-refractivity contribution in [1.82, 2.24) is 9.78 Å². The van der Waals surface area contributed by atoms with Crippen molar-refractivity contribution in [2.24, 2.45) is 0 Å². The van der Waals surface area contributed by atoms with Gasteiger partial charge in [-0.1, -0.05) is 6.07 Å². The highest BCUT2D eigenvalue weighted by molar-refractivity contribution is 6.08. The number of carbonyl (C=O) groups is 1. The maximum Gasteiger partial charge on any atom is 0.270 e. The van der Waals surface area contributed by atoms with Crippen LogP contribution in [0.25, 0.3) is 22.0 Å². The highest BCUT2D eigenvalue weighted by Crippen LogP contribution is 2.33. The van der Waals surface area contributed by atoms with Crippen molar-refractivity contribution in [2.45, 2.75) is 32.4 Å². The summed E-state index contributed by atoms with van der Waals surface area (Å²) in [6.45, 7) is 4.03. The molecule has 4 aromatic rings. The fraction of sp³-hybridized carbons (Fsp3) is 0.217. The Bertz CT molecular complexity index is 1290. The molecular weight excluding hydrogens is 412 g/mol. The lowest BCUT2D eigenvalue weighted by atomic mass is 10.0. The molecule has 2 N–H and O–H groups in total. The van der Waals surface area contributed by atoms with Crippen LogP contribution in [-0.2, 0) is 6.54 Å². The van der Waals surface area contributed by atoms with E-state index in [4.69, 9.17) is 4.42 Å². The molecule has 2 aromatic carbocycles. The number of amides is 1. The number of benzene rings is 2. The second kappa shape index (κ2) is 8.27. The Morgan fingerprint density at radius 3 is 2.78 bits per heavy atom. The van der Waals surface area contributed by atoms with E-state index in [0.29, 0.717) is 24.2 Å². The third kappa shape index (κ3) is 4.68. The topological polar surface area (TPSA) is 123 Å². The first-order valence-corrected chi connectivity index (χ1v) is 10.0. The molecular formula is C23H22N4O5. The molecule has 2 aromatic heterocycles. The van der Waals surface area contributed by atoms with E-state index in [9.17, 15) is 20.0 Å². The fourth-order valence-electron chi connectivity index (χ4n) is 3.34. The summed E-state index contributed by atoms with van der Waals surface area (Å²) in [6.07, 6.45) is 5.48. The molecule has 164 valence electrons. The van der Waals surface area contributed by atoms with Crippen molar-refractivity contribution in [3.05, 3.63) is 76.9 Å². The normalized spacial score (nSPS) is 11.6. The zero-order valence-corrected chi connectivity index (χ0v) is 17.6. The number of fused-ring (bicyclic) bond motifs is 1. The summed E-state index contributed by atoms with van der Waals surface area (Å²) in [6, 6.07) is 11.0. The van der Waals surface area contributed by atoms with Gasteiger partial charge in [0.15, 0.2) is 0 Å². The third-order valence-electron chi connectivity index (χ3n) is 5.04. The smallest absolute Gasteiger partial charge is 0.270 e. The summed E-state index contributed by atoms with van der Waals surface area (Å²) >= 11 is 0. The first kappa shape index (κ1) is 21.3. The van der Waals surface area contributed by atoms with Gasteiger partial charge in [0.2, 0.25) is 0 Å². The number of hydrogen-bond donors (Lipinski definition) is 2. The fourth-order valence-corrected chi connectivity index (χ4v) is 3.34. The van der Waals surface area contributed by atoms with Crippen LogP contribution in [0.2, 0.25) is 0 Å². The van der Waals surface area contributed by atoms with Crippen molar-refractivity contribution < 1.29 is 19.2 Å². The summed E-state index contributed by atoms with van der Waals surface area (Å²) in [7, 11) is 0. The van der Waals surface area contributed by atoms with E-state index in [-0.39, 0.29) is 11.3 Å². The van der Waals surface area contributed by atoms with Gasteiger partial charge in [-0.15, -0.1) is 0 Å². The predicted octanol–water partition coefficient (Wildman–Crippen LogP) is 4.62. The first-order chi connectivity index (χ1) is 15.2. The minimum atomic E-state index is -0.808. The van der Waals surface area contributed by atoms with Gasteiger partial charge in [0, 0.05) is 52.6 Å². The van der Waals surface area contributed by atoms with Gasteiger partial charge in [0.1, 0.15) is 0 Å². The van der Waals surface area contributed by atoms with E-state index in [0.717, 1.165) is 16.5 Å². The van der Waals surface area contributed by atoms with Crippen LogP contribution in [0, 0.1) is 10.1 Å². The zero-order valence-electron chi connectivity index (χ0n) is 17.6. The van der Waals surface area contributed by atoms with Crippen molar-refractivity contribution in [2.75, 3.05) is 5.32 Å². The maximum atomic E-state index is 12.9. The van der Waals surface area contributed by atoms with Crippen LogP contribution >= 0.6 is 0 Å². The molecule has 0 bridgehead atoms. The molecule has 0 unspecified atom stereocenters. The van der Waals surface area contributed by atoms with Gasteiger partial charge in [-0.25, -0.2) is 0 Å². The Morgan fingerprint density at radius 1 is 1.28 bits per heavy atom. The maximum absolute atomic E-state index is 12.9. The number of aromatic nitrogens is 2. The Kier molecular flexibility index (Phi) is 5.50. The van der Waals surface area contributed by atoms with Gasteiger partial charge in [-0.2, -0.15) is 5.10 Å². The highest BCUT2D eigenvalue weighted by Gasteiger charge is 2.17. The van der Waals surface area contributed by atoms with E-state index in [1.807, 2.05) is 12.3 Å². The summed E-state index contributed by atoms with van der Waals surface area (Å²) in [4.78, 5) is 23.4. The number of furan rings is 1. The molecule has 0 aliphatic heterocycles. The van der Waals surface area contributed by atoms with Crippen LogP contribution < -0.4 is 5.32 Å². The van der Waals surface area contributed by atoms with Crippen LogP contribution in [0.15, 0.2) is 65.6 Å². The number of carbonyl (C=O) groups excluding carboxylic acids is 1. The molecule has 0 atom stereocenters. The van der Waals surface area contributed by atoms with Crippen molar-refractivity contribution >= 4 is 28.2 Å². The number of anilines is 1. The summed E-state index contributed by atoms with van der Waals surface area (Å²) < 4.78 is 6.97. The van der Waals surface area contributed by atoms with Crippen LogP contribution in [0.3, 0.4) is 0 Å². The average molecular weight is 434 g/mol. The van der Waals surface area contributed by atoms with Gasteiger partial charge in [0.05, 0.1) is 28.6 Å². The van der Waals surface area contributed by atoms with Crippen molar-refractivity contribution in [3.8, 4) is 11.1 Å². The molecule has 0 saturated carbocycles. The predicted molar refractivity (Wildman–Crippen MR) is 119 cm³/mol. The Hall–Kier alpha value is -3.98. The monoisotopic (exact) mass is 434 g/mol. The first-order valence-electron chi connectivity index (χ1n) is 10.0. The minimum absolute atomic E-state index is 0.156. The third-order valence-corrected chi connectivity index (χ3v) is 5.04. The molecule has 9 heteroatoms. The van der Waals surface area contributed by atoms with E-state index >= 15 is 0 Å². The quantitative estimate of drug-likeness (QED) is 0.323. The molecule has 2 heterocycles. The lowest BCUT2D eigenvalue weighted by molar-refractivity contribution is -0.384. The molecule has 0 radical (unpaired) electrons. The van der Waals surface area contributed by atoms with Gasteiger partial charge >= 0.3 is 0 Å². The average Bonchev–Trinajstić information content (AvgIpc) is 3.40. The Labute approximate surface area is 183 Å². The lowest BCUT2D eigenvalue weighted by Gasteiger charge is -2.16. The summed E-state index contributed by atoms with van der Waals surface area (Å²) in [5.41, 5.74) is 1.93. The number of aryl methyl sites for hydroxylation is 1. The number of aliphatic hydroxyl groups is 1. The van der Waals surface area contributed by atoms with Gasteiger partial charge < -0.3 is 14.8 Å².